The van der Waals surface area contributed by atoms with Crippen LogP contribution in [0.3, 0.4) is 0 Å². The fraction of sp³-hybridized carbons (Fsp3) is 0.769. The lowest BCUT2D eigenvalue weighted by Crippen LogP contribution is -2.18. The molecule has 0 atom stereocenters. The lowest BCUT2D eigenvalue weighted by molar-refractivity contribution is 0.559. The summed E-state index contributed by atoms with van der Waals surface area (Å²) in [7, 11) is -3.01. The number of sulfone groups is 1. The Morgan fingerprint density at radius 2 is 1.89 bits per heavy atom. The van der Waals surface area contributed by atoms with Gasteiger partial charge in [0.1, 0.15) is 10.8 Å². The van der Waals surface area contributed by atoms with Crippen LogP contribution in [0.5, 0.6) is 0 Å². The Hall–Kier alpha value is -0.460. The first-order chi connectivity index (χ1) is 8.69. The highest BCUT2D eigenvalue weighted by atomic mass is 32.2. The summed E-state index contributed by atoms with van der Waals surface area (Å²) in [6.45, 7) is 11.7. The lowest BCUT2D eigenvalue weighted by atomic mass is 9.91. The van der Waals surface area contributed by atoms with Crippen molar-refractivity contribution in [1.82, 2.24) is 10.3 Å². The molecule has 1 heterocycles. The predicted octanol–water partition coefficient (Wildman–Crippen LogP) is 2.48. The predicted molar refractivity (Wildman–Crippen MR) is 81.4 cm³/mol. The zero-order valence-electron chi connectivity index (χ0n) is 12.4. The molecule has 4 nitrogen and oxygen atoms in total. The van der Waals surface area contributed by atoms with E-state index < -0.39 is 9.84 Å². The molecule has 0 radical (unpaired) electrons. The van der Waals surface area contributed by atoms with Crippen LogP contribution in [-0.4, -0.2) is 25.7 Å². The van der Waals surface area contributed by atoms with Crippen molar-refractivity contribution in [2.24, 2.45) is 0 Å². The van der Waals surface area contributed by atoms with Crippen LogP contribution in [0, 0.1) is 0 Å². The van der Waals surface area contributed by atoms with Gasteiger partial charge < -0.3 is 5.32 Å². The van der Waals surface area contributed by atoms with E-state index in [-0.39, 0.29) is 16.9 Å². The molecule has 0 saturated carbocycles. The summed E-state index contributed by atoms with van der Waals surface area (Å²) in [6, 6.07) is 0. The Bertz CT molecular complexity index is 513. The Kier molecular flexibility index (Phi) is 5.53. The summed E-state index contributed by atoms with van der Waals surface area (Å²) < 4.78 is 23.4. The van der Waals surface area contributed by atoms with Crippen LogP contribution in [0.4, 0.5) is 0 Å². The maximum Gasteiger partial charge on any atom is 0.156 e. The summed E-state index contributed by atoms with van der Waals surface area (Å²) in [5.41, 5.74) is 0.954. The van der Waals surface area contributed by atoms with E-state index in [1.54, 1.807) is 6.92 Å². The highest BCUT2D eigenvalue weighted by Crippen LogP contribution is 2.30. The van der Waals surface area contributed by atoms with Crippen molar-refractivity contribution in [3.63, 3.8) is 0 Å². The van der Waals surface area contributed by atoms with E-state index in [2.05, 4.69) is 38.0 Å². The normalized spacial score (nSPS) is 12.9. The lowest BCUT2D eigenvalue weighted by Gasteiger charge is -2.17. The molecule has 0 amide bonds. The quantitative estimate of drug-likeness (QED) is 0.877. The van der Waals surface area contributed by atoms with Crippen LogP contribution in [0.1, 0.15) is 50.2 Å². The summed E-state index contributed by atoms with van der Waals surface area (Å²) in [6.07, 6.45) is 0. The van der Waals surface area contributed by atoms with E-state index in [0.29, 0.717) is 5.01 Å². The third kappa shape index (κ3) is 4.85. The minimum Gasteiger partial charge on any atom is -0.312 e. The van der Waals surface area contributed by atoms with E-state index in [0.717, 1.165) is 23.7 Å². The highest BCUT2D eigenvalue weighted by molar-refractivity contribution is 7.90. The van der Waals surface area contributed by atoms with Crippen LogP contribution in [0.25, 0.3) is 0 Å². The van der Waals surface area contributed by atoms with Gasteiger partial charge in [-0.25, -0.2) is 13.4 Å². The minimum atomic E-state index is -3.01. The monoisotopic (exact) mass is 304 g/mol. The Labute approximate surface area is 120 Å². The molecule has 0 aliphatic carbocycles. The van der Waals surface area contributed by atoms with Crippen LogP contribution >= 0.6 is 11.3 Å². The van der Waals surface area contributed by atoms with Crippen molar-refractivity contribution >= 4 is 21.2 Å². The average Bonchev–Trinajstić information content (AvgIpc) is 2.68. The molecular weight excluding hydrogens is 280 g/mol. The van der Waals surface area contributed by atoms with Gasteiger partial charge >= 0.3 is 0 Å². The molecule has 1 aromatic rings. The van der Waals surface area contributed by atoms with Crippen molar-refractivity contribution in [3.8, 4) is 0 Å². The first kappa shape index (κ1) is 16.6. The second kappa shape index (κ2) is 6.33. The van der Waals surface area contributed by atoms with Crippen LogP contribution in [-0.2, 0) is 27.5 Å². The van der Waals surface area contributed by atoms with Gasteiger partial charge in [0.05, 0.1) is 5.69 Å². The van der Waals surface area contributed by atoms with Gasteiger partial charge in [0.15, 0.2) is 9.84 Å². The molecule has 0 aromatic carbocycles. The SMILES string of the molecule is CCNCc1sc(CS(=O)(=O)CC)nc1C(C)(C)C. The molecule has 0 unspecified atom stereocenters. The summed E-state index contributed by atoms with van der Waals surface area (Å²) in [4.78, 5) is 5.72. The molecule has 0 bridgehead atoms. The molecular formula is C13H24N2O2S2. The van der Waals surface area contributed by atoms with Gasteiger partial charge in [-0.1, -0.05) is 34.6 Å². The van der Waals surface area contributed by atoms with Crippen LogP contribution < -0.4 is 5.32 Å². The number of rotatable bonds is 6. The van der Waals surface area contributed by atoms with Gasteiger partial charge in [-0.3, -0.25) is 0 Å². The summed E-state index contributed by atoms with van der Waals surface area (Å²) in [5, 5.41) is 4.00. The molecule has 1 N–H and O–H groups in total. The largest absolute Gasteiger partial charge is 0.312 e. The number of thiazole rings is 1. The Morgan fingerprint density at radius 1 is 1.26 bits per heavy atom. The molecule has 1 aromatic heterocycles. The van der Waals surface area contributed by atoms with Crippen LogP contribution in [0.2, 0.25) is 0 Å². The van der Waals surface area contributed by atoms with E-state index >= 15 is 0 Å². The molecule has 0 fully saturated rings. The fourth-order valence-corrected chi connectivity index (χ4v) is 4.16. The van der Waals surface area contributed by atoms with E-state index in [4.69, 9.17) is 0 Å². The van der Waals surface area contributed by atoms with Crippen LogP contribution in [0.15, 0.2) is 0 Å². The van der Waals surface area contributed by atoms with E-state index in [1.165, 1.54) is 11.3 Å². The summed E-state index contributed by atoms with van der Waals surface area (Å²) >= 11 is 1.52. The van der Waals surface area contributed by atoms with Crippen molar-refractivity contribution < 1.29 is 8.42 Å². The first-order valence-corrected chi connectivity index (χ1v) is 9.23. The van der Waals surface area contributed by atoms with Crippen molar-refractivity contribution in [3.05, 3.63) is 15.6 Å². The molecule has 110 valence electrons. The molecule has 6 heteroatoms. The number of nitrogens with zero attached hydrogens (tertiary/aromatic N) is 1. The molecule has 0 aliphatic rings. The van der Waals surface area contributed by atoms with Gasteiger partial charge in [-0.15, -0.1) is 11.3 Å². The first-order valence-electron chi connectivity index (χ1n) is 6.59. The fourth-order valence-electron chi connectivity index (χ4n) is 1.70. The van der Waals surface area contributed by atoms with Crippen molar-refractivity contribution in [2.45, 2.75) is 52.3 Å². The second-order valence-electron chi connectivity index (χ2n) is 5.59. The smallest absolute Gasteiger partial charge is 0.156 e. The topological polar surface area (TPSA) is 59.1 Å². The molecule has 0 saturated heterocycles. The van der Waals surface area contributed by atoms with E-state index in [1.807, 2.05) is 0 Å². The molecule has 0 aliphatic heterocycles. The molecule has 1 rings (SSSR count). The van der Waals surface area contributed by atoms with Gasteiger partial charge in [-0.05, 0) is 6.54 Å². The van der Waals surface area contributed by atoms with Gasteiger partial charge in [0, 0.05) is 22.6 Å². The van der Waals surface area contributed by atoms with Gasteiger partial charge in [0.25, 0.3) is 0 Å². The second-order valence-corrected chi connectivity index (χ2v) is 9.11. The number of hydrogen-bond acceptors (Lipinski definition) is 5. The van der Waals surface area contributed by atoms with Crippen molar-refractivity contribution in [2.75, 3.05) is 12.3 Å². The van der Waals surface area contributed by atoms with E-state index in [9.17, 15) is 8.42 Å². The summed E-state index contributed by atoms with van der Waals surface area (Å²) in [5.74, 6) is 0.226. The van der Waals surface area contributed by atoms with Gasteiger partial charge in [-0.2, -0.15) is 0 Å². The number of hydrogen-bond donors (Lipinski definition) is 1. The molecule has 19 heavy (non-hydrogen) atoms. The Balaban J connectivity index is 3.06. The Morgan fingerprint density at radius 3 is 2.37 bits per heavy atom. The number of nitrogens with one attached hydrogen (secondary N) is 1. The van der Waals surface area contributed by atoms with Gasteiger partial charge in [0.2, 0.25) is 0 Å². The highest BCUT2D eigenvalue weighted by Gasteiger charge is 2.24. The third-order valence-electron chi connectivity index (χ3n) is 2.77. The zero-order valence-corrected chi connectivity index (χ0v) is 14.0. The van der Waals surface area contributed by atoms with Crippen molar-refractivity contribution in [1.29, 1.82) is 0 Å². The standard InChI is InChI=1S/C13H24N2O2S2/c1-6-14-8-10-12(13(3,4)5)15-11(18-10)9-19(16,17)7-2/h14H,6-9H2,1-5H3. The average molecular weight is 304 g/mol. The number of aromatic nitrogens is 1. The zero-order chi connectivity index (χ0) is 14.7. The third-order valence-corrected chi connectivity index (χ3v) is 5.60. The minimum absolute atomic E-state index is 0.0589. The maximum absolute atomic E-state index is 11.7. The molecule has 0 spiro atoms. The maximum atomic E-state index is 11.7.